The maximum atomic E-state index is 13.8. The van der Waals surface area contributed by atoms with Crippen molar-refractivity contribution in [1.82, 2.24) is 10.3 Å². The second kappa shape index (κ2) is 5.30. The van der Waals surface area contributed by atoms with Crippen LogP contribution in [0.2, 0.25) is 0 Å². The number of amides is 1. The molecule has 100 valence electrons. The quantitative estimate of drug-likeness (QED) is 0.767. The van der Waals surface area contributed by atoms with Crippen molar-refractivity contribution in [3.05, 3.63) is 39.7 Å². The van der Waals surface area contributed by atoms with Crippen molar-refractivity contribution in [2.45, 2.75) is 12.5 Å². The smallest absolute Gasteiger partial charge is 0.410 e. The third-order valence-electron chi connectivity index (χ3n) is 2.47. The lowest BCUT2D eigenvalue weighted by Crippen LogP contribution is -2.31. The highest BCUT2D eigenvalue weighted by Gasteiger charge is 2.30. The SMILES string of the molecule is CC1(c2cc(Br)cnc2F)C=CSC(NC(=O)O)=N1. The monoisotopic (exact) mass is 345 g/mol. The summed E-state index contributed by atoms with van der Waals surface area (Å²) in [6, 6.07) is 1.57. The number of nitrogens with one attached hydrogen (secondary N) is 1. The molecule has 2 rings (SSSR count). The molecule has 1 atom stereocenters. The molecule has 0 fully saturated rings. The third-order valence-corrected chi connectivity index (χ3v) is 3.59. The van der Waals surface area contributed by atoms with E-state index < -0.39 is 17.6 Å². The number of rotatable bonds is 1. The first kappa shape index (κ1) is 14.0. The van der Waals surface area contributed by atoms with Gasteiger partial charge in [-0.15, -0.1) is 0 Å². The first-order valence-electron chi connectivity index (χ1n) is 5.16. The highest BCUT2D eigenvalue weighted by Crippen LogP contribution is 2.34. The Kier molecular flexibility index (Phi) is 3.91. The molecule has 1 aromatic rings. The Morgan fingerprint density at radius 2 is 2.37 bits per heavy atom. The van der Waals surface area contributed by atoms with Gasteiger partial charge in [0.2, 0.25) is 5.95 Å². The van der Waals surface area contributed by atoms with Gasteiger partial charge in [-0.1, -0.05) is 11.8 Å². The second-order valence-corrected chi connectivity index (χ2v) is 5.72. The standard InChI is InChI=1S/C11H9BrFN3O2S/c1-11(7-4-6(12)5-14-8(7)13)2-3-19-9(16-11)15-10(17)18/h2-5H,1H3,(H,15,16)(H,17,18). The van der Waals surface area contributed by atoms with E-state index in [0.717, 1.165) is 11.8 Å². The summed E-state index contributed by atoms with van der Waals surface area (Å²) in [7, 11) is 0. The lowest BCUT2D eigenvalue weighted by Gasteiger charge is -2.26. The van der Waals surface area contributed by atoms with E-state index in [9.17, 15) is 9.18 Å². The fourth-order valence-electron chi connectivity index (χ4n) is 1.58. The Hall–Kier alpha value is -1.41. The van der Waals surface area contributed by atoms with E-state index in [-0.39, 0.29) is 10.7 Å². The second-order valence-electron chi connectivity index (χ2n) is 3.91. The molecule has 0 aromatic carbocycles. The topological polar surface area (TPSA) is 74.6 Å². The van der Waals surface area contributed by atoms with Crippen LogP contribution in [0.5, 0.6) is 0 Å². The molecular formula is C11H9BrFN3O2S. The first-order chi connectivity index (χ1) is 8.90. The lowest BCUT2D eigenvalue weighted by atomic mass is 9.94. The number of carbonyl (C=O) groups is 1. The number of thioether (sulfide) groups is 1. The summed E-state index contributed by atoms with van der Waals surface area (Å²) >= 11 is 4.35. The normalized spacial score (nSPS) is 21.9. The van der Waals surface area contributed by atoms with Crippen molar-refractivity contribution in [3.8, 4) is 0 Å². The Morgan fingerprint density at radius 3 is 3.05 bits per heavy atom. The molecule has 0 spiro atoms. The van der Waals surface area contributed by atoms with Gasteiger partial charge in [-0.2, -0.15) is 4.39 Å². The summed E-state index contributed by atoms with van der Waals surface area (Å²) in [5.41, 5.74) is -0.729. The third kappa shape index (κ3) is 3.13. The Morgan fingerprint density at radius 1 is 1.63 bits per heavy atom. The van der Waals surface area contributed by atoms with Crippen molar-refractivity contribution >= 4 is 39.0 Å². The number of aliphatic imine (C=N–C) groups is 1. The van der Waals surface area contributed by atoms with Gasteiger partial charge >= 0.3 is 6.09 Å². The molecule has 1 unspecified atom stereocenters. The maximum Gasteiger partial charge on any atom is 0.410 e. The first-order valence-corrected chi connectivity index (χ1v) is 6.84. The van der Waals surface area contributed by atoms with Crippen molar-refractivity contribution in [3.63, 3.8) is 0 Å². The molecule has 0 saturated heterocycles. The molecular weight excluding hydrogens is 337 g/mol. The van der Waals surface area contributed by atoms with E-state index in [0.29, 0.717) is 4.47 Å². The van der Waals surface area contributed by atoms with Gasteiger partial charge in [-0.3, -0.25) is 5.32 Å². The van der Waals surface area contributed by atoms with Gasteiger partial charge in [0.1, 0.15) is 5.54 Å². The lowest BCUT2D eigenvalue weighted by molar-refractivity contribution is 0.200. The van der Waals surface area contributed by atoms with Crippen LogP contribution in [0, 0.1) is 5.95 Å². The van der Waals surface area contributed by atoms with Crippen LogP contribution in [0.15, 0.2) is 33.2 Å². The van der Waals surface area contributed by atoms with E-state index in [4.69, 9.17) is 5.11 Å². The largest absolute Gasteiger partial charge is 0.465 e. The predicted molar refractivity (Wildman–Crippen MR) is 74.6 cm³/mol. The van der Waals surface area contributed by atoms with Crippen molar-refractivity contribution < 1.29 is 14.3 Å². The minimum atomic E-state index is -1.21. The number of hydrogen-bond acceptors (Lipinski definition) is 4. The molecule has 0 saturated carbocycles. The van der Waals surface area contributed by atoms with Crippen molar-refractivity contribution in [2.75, 3.05) is 0 Å². The highest BCUT2D eigenvalue weighted by atomic mass is 79.9. The highest BCUT2D eigenvalue weighted by molar-refractivity contribution is 9.10. The molecule has 1 aliphatic rings. The van der Waals surface area contributed by atoms with Crippen LogP contribution in [-0.2, 0) is 5.54 Å². The van der Waals surface area contributed by atoms with Crippen LogP contribution >= 0.6 is 27.7 Å². The molecule has 1 aromatic heterocycles. The minimum Gasteiger partial charge on any atom is -0.465 e. The summed E-state index contributed by atoms with van der Waals surface area (Å²) in [5.74, 6) is -0.638. The number of pyridine rings is 1. The van der Waals surface area contributed by atoms with Gasteiger partial charge in [0.25, 0.3) is 0 Å². The van der Waals surface area contributed by atoms with Crippen LogP contribution < -0.4 is 5.32 Å². The summed E-state index contributed by atoms with van der Waals surface area (Å²) in [6.45, 7) is 1.68. The summed E-state index contributed by atoms with van der Waals surface area (Å²) in [4.78, 5) is 18.5. The molecule has 2 N–H and O–H groups in total. The average Bonchev–Trinajstić information content (AvgIpc) is 2.31. The van der Waals surface area contributed by atoms with Gasteiger partial charge < -0.3 is 5.11 Å². The number of carboxylic acid groups (broad SMARTS) is 1. The molecule has 1 amide bonds. The number of halogens is 2. The van der Waals surface area contributed by atoms with E-state index in [1.54, 1.807) is 24.5 Å². The van der Waals surface area contributed by atoms with E-state index in [2.05, 4.69) is 31.2 Å². The number of amidine groups is 1. The van der Waals surface area contributed by atoms with Gasteiger partial charge in [0.05, 0.1) is 0 Å². The van der Waals surface area contributed by atoms with Gasteiger partial charge in [0, 0.05) is 16.2 Å². The average molecular weight is 346 g/mol. The Labute approximate surface area is 121 Å². The fourth-order valence-corrected chi connectivity index (χ4v) is 2.76. The van der Waals surface area contributed by atoms with Crippen LogP contribution in [-0.4, -0.2) is 21.4 Å². The summed E-state index contributed by atoms with van der Waals surface area (Å²) in [5, 5.41) is 12.7. The maximum absolute atomic E-state index is 13.8. The molecule has 1 aliphatic heterocycles. The zero-order valence-corrected chi connectivity index (χ0v) is 12.1. The van der Waals surface area contributed by atoms with Crippen LogP contribution in [0.3, 0.4) is 0 Å². The number of nitrogens with zero attached hydrogens (tertiary/aromatic N) is 2. The van der Waals surface area contributed by atoms with Gasteiger partial charge in [-0.25, -0.2) is 14.8 Å². The Bertz CT molecular complexity index is 593. The molecule has 0 bridgehead atoms. The number of aromatic nitrogens is 1. The van der Waals surface area contributed by atoms with Crippen molar-refractivity contribution in [1.29, 1.82) is 0 Å². The predicted octanol–water partition coefficient (Wildman–Crippen LogP) is 3.08. The zero-order valence-electron chi connectivity index (χ0n) is 9.72. The van der Waals surface area contributed by atoms with Crippen LogP contribution in [0.4, 0.5) is 9.18 Å². The number of hydrogen-bond donors (Lipinski definition) is 2. The summed E-state index contributed by atoms with van der Waals surface area (Å²) in [6.07, 6.45) is 1.83. The van der Waals surface area contributed by atoms with E-state index in [1.165, 1.54) is 6.20 Å². The van der Waals surface area contributed by atoms with E-state index in [1.807, 2.05) is 0 Å². The van der Waals surface area contributed by atoms with Crippen molar-refractivity contribution in [2.24, 2.45) is 4.99 Å². The van der Waals surface area contributed by atoms with Crippen LogP contribution in [0.25, 0.3) is 0 Å². The molecule has 2 heterocycles. The molecule has 5 nitrogen and oxygen atoms in total. The molecule has 19 heavy (non-hydrogen) atoms. The zero-order chi connectivity index (χ0) is 14.0. The fraction of sp³-hybridized carbons (Fsp3) is 0.182. The minimum absolute atomic E-state index is 0.192. The Balaban J connectivity index is 2.43. The van der Waals surface area contributed by atoms with Gasteiger partial charge in [-0.05, 0) is 40.4 Å². The summed E-state index contributed by atoms with van der Waals surface area (Å²) < 4.78 is 14.4. The molecule has 0 radical (unpaired) electrons. The van der Waals surface area contributed by atoms with Crippen LogP contribution in [0.1, 0.15) is 12.5 Å². The van der Waals surface area contributed by atoms with E-state index >= 15 is 0 Å². The molecule has 8 heteroatoms. The molecule has 0 aliphatic carbocycles. The van der Waals surface area contributed by atoms with Gasteiger partial charge in [0.15, 0.2) is 5.17 Å².